The summed E-state index contributed by atoms with van der Waals surface area (Å²) in [7, 11) is -3.25. The van der Waals surface area contributed by atoms with Gasteiger partial charge in [-0.1, -0.05) is 18.2 Å². The second kappa shape index (κ2) is 6.53. The van der Waals surface area contributed by atoms with Gasteiger partial charge in [0.2, 0.25) is 0 Å². The van der Waals surface area contributed by atoms with Gasteiger partial charge in [-0.3, -0.25) is 14.9 Å². The van der Waals surface area contributed by atoms with Gasteiger partial charge in [-0.15, -0.1) is 0 Å². The zero-order chi connectivity index (χ0) is 17.0. The minimum absolute atomic E-state index is 0.0816. The molecule has 6 nitrogen and oxygen atoms in total. The summed E-state index contributed by atoms with van der Waals surface area (Å²) >= 11 is 0. The average molecular weight is 331 g/mol. The minimum atomic E-state index is -3.25. The molecule has 0 spiro atoms. The number of ketones is 1. The van der Waals surface area contributed by atoms with Crippen molar-refractivity contribution in [2.45, 2.75) is 4.90 Å². The van der Waals surface area contributed by atoms with E-state index in [2.05, 4.69) is 0 Å². The minimum Gasteiger partial charge on any atom is -0.289 e. The van der Waals surface area contributed by atoms with E-state index in [9.17, 15) is 23.3 Å². The largest absolute Gasteiger partial charge is 0.289 e. The molecule has 2 aromatic carbocycles. The summed E-state index contributed by atoms with van der Waals surface area (Å²) in [6.45, 7) is 0. The molecule has 0 saturated carbocycles. The van der Waals surface area contributed by atoms with Crippen molar-refractivity contribution in [1.29, 1.82) is 0 Å². The Bertz CT molecular complexity index is 866. The maximum absolute atomic E-state index is 12.0. The van der Waals surface area contributed by atoms with Crippen LogP contribution < -0.4 is 0 Å². The van der Waals surface area contributed by atoms with Crippen LogP contribution in [0.4, 0.5) is 5.69 Å². The van der Waals surface area contributed by atoms with Crippen molar-refractivity contribution in [3.05, 3.63) is 75.8 Å². The van der Waals surface area contributed by atoms with Crippen LogP contribution in [0.25, 0.3) is 6.08 Å². The van der Waals surface area contributed by atoms with Gasteiger partial charge < -0.3 is 0 Å². The molecule has 0 unspecified atom stereocenters. The van der Waals surface area contributed by atoms with E-state index in [-0.39, 0.29) is 16.4 Å². The molecular weight excluding hydrogens is 318 g/mol. The number of sulfone groups is 1. The molecule has 0 aromatic heterocycles. The highest BCUT2D eigenvalue weighted by Gasteiger charge is 2.08. The molecule has 2 rings (SSSR count). The Morgan fingerprint density at radius 2 is 1.61 bits per heavy atom. The number of nitrogens with zero attached hydrogens (tertiary/aromatic N) is 1. The normalized spacial score (nSPS) is 11.5. The molecule has 0 aliphatic carbocycles. The quantitative estimate of drug-likeness (QED) is 0.363. The molecule has 0 saturated heterocycles. The first-order valence-corrected chi connectivity index (χ1v) is 8.43. The number of non-ortho nitro benzene ring substituents is 1. The maximum atomic E-state index is 12.0. The highest BCUT2D eigenvalue weighted by Crippen LogP contribution is 2.14. The van der Waals surface area contributed by atoms with Gasteiger partial charge in [0.1, 0.15) is 0 Å². The summed E-state index contributed by atoms with van der Waals surface area (Å²) in [6, 6.07) is 11.4. The van der Waals surface area contributed by atoms with Crippen molar-refractivity contribution in [2.24, 2.45) is 0 Å². The van der Waals surface area contributed by atoms with E-state index in [0.717, 1.165) is 6.26 Å². The SMILES string of the molecule is CS(=O)(=O)c1ccc(/C=C/C(=O)c2ccc([N+](=O)[O-])cc2)cc1. The van der Waals surface area contributed by atoms with Crippen molar-refractivity contribution >= 4 is 27.4 Å². The van der Waals surface area contributed by atoms with E-state index in [1.807, 2.05) is 0 Å². The lowest BCUT2D eigenvalue weighted by atomic mass is 10.1. The van der Waals surface area contributed by atoms with Crippen LogP contribution in [0.5, 0.6) is 0 Å². The standard InChI is InChI=1S/C16H13NO5S/c1-23(21,22)15-9-2-12(3-10-15)4-11-16(18)13-5-7-14(8-6-13)17(19)20/h2-11H,1H3/b11-4+. The van der Waals surface area contributed by atoms with Gasteiger partial charge in [0.25, 0.3) is 5.69 Å². The molecule has 0 radical (unpaired) electrons. The molecule has 0 aliphatic rings. The third-order valence-corrected chi connectivity index (χ3v) is 4.23. The van der Waals surface area contributed by atoms with Crippen LogP contribution in [0.3, 0.4) is 0 Å². The third kappa shape index (κ3) is 4.33. The van der Waals surface area contributed by atoms with E-state index in [1.54, 1.807) is 18.2 Å². The Kier molecular flexibility index (Phi) is 4.71. The first-order chi connectivity index (χ1) is 10.8. The summed E-state index contributed by atoms with van der Waals surface area (Å²) in [4.78, 5) is 22.2. The first-order valence-electron chi connectivity index (χ1n) is 6.54. The zero-order valence-corrected chi connectivity index (χ0v) is 13.0. The van der Waals surface area contributed by atoms with Crippen LogP contribution in [0.2, 0.25) is 0 Å². The summed E-state index contributed by atoms with van der Waals surface area (Å²) in [5, 5.41) is 10.6. The van der Waals surface area contributed by atoms with Crippen LogP contribution in [-0.4, -0.2) is 25.4 Å². The predicted octanol–water partition coefficient (Wildman–Crippen LogP) is 2.89. The lowest BCUT2D eigenvalue weighted by Crippen LogP contribution is -1.96. The summed E-state index contributed by atoms with van der Waals surface area (Å²) in [6.07, 6.45) is 4.00. The Labute approximate surface area is 133 Å². The zero-order valence-electron chi connectivity index (χ0n) is 12.2. The van der Waals surface area contributed by atoms with Crippen LogP contribution in [0.1, 0.15) is 15.9 Å². The van der Waals surface area contributed by atoms with Crippen LogP contribution in [0.15, 0.2) is 59.5 Å². The van der Waals surface area contributed by atoms with Gasteiger partial charge in [-0.25, -0.2) is 8.42 Å². The molecule has 0 heterocycles. The molecule has 0 fully saturated rings. The van der Waals surface area contributed by atoms with E-state index in [1.165, 1.54) is 42.5 Å². The van der Waals surface area contributed by atoms with Crippen molar-refractivity contribution in [3.8, 4) is 0 Å². The van der Waals surface area contributed by atoms with Crippen LogP contribution in [-0.2, 0) is 9.84 Å². The van der Waals surface area contributed by atoms with Crippen molar-refractivity contribution in [3.63, 3.8) is 0 Å². The van der Waals surface area contributed by atoms with Gasteiger partial charge in [-0.05, 0) is 35.9 Å². The molecule has 2 aromatic rings. The fourth-order valence-corrected chi connectivity index (χ4v) is 2.47. The smallest absolute Gasteiger partial charge is 0.269 e. The number of nitro groups is 1. The monoisotopic (exact) mass is 331 g/mol. The Morgan fingerprint density at radius 3 is 2.09 bits per heavy atom. The summed E-state index contributed by atoms with van der Waals surface area (Å²) in [5.74, 6) is -0.299. The molecule has 0 aliphatic heterocycles. The van der Waals surface area contributed by atoms with Crippen molar-refractivity contribution < 1.29 is 18.1 Å². The highest BCUT2D eigenvalue weighted by molar-refractivity contribution is 7.90. The van der Waals surface area contributed by atoms with Crippen LogP contribution >= 0.6 is 0 Å². The molecule has 0 atom stereocenters. The number of hydrogen-bond acceptors (Lipinski definition) is 5. The molecule has 0 bridgehead atoms. The molecule has 23 heavy (non-hydrogen) atoms. The third-order valence-electron chi connectivity index (χ3n) is 3.10. The average Bonchev–Trinajstić information content (AvgIpc) is 2.52. The van der Waals surface area contributed by atoms with Gasteiger partial charge in [0.05, 0.1) is 9.82 Å². The van der Waals surface area contributed by atoms with Crippen LogP contribution in [0, 0.1) is 10.1 Å². The second-order valence-corrected chi connectivity index (χ2v) is 6.86. The van der Waals surface area contributed by atoms with Gasteiger partial charge in [-0.2, -0.15) is 0 Å². The topological polar surface area (TPSA) is 94.3 Å². The fourth-order valence-electron chi connectivity index (χ4n) is 1.84. The number of allylic oxidation sites excluding steroid dienone is 1. The predicted molar refractivity (Wildman–Crippen MR) is 86.0 cm³/mol. The number of carbonyl (C=O) groups excluding carboxylic acids is 1. The molecule has 118 valence electrons. The maximum Gasteiger partial charge on any atom is 0.269 e. The number of benzene rings is 2. The van der Waals surface area contributed by atoms with E-state index < -0.39 is 14.8 Å². The lowest BCUT2D eigenvalue weighted by molar-refractivity contribution is -0.384. The van der Waals surface area contributed by atoms with Crippen molar-refractivity contribution in [1.82, 2.24) is 0 Å². The van der Waals surface area contributed by atoms with E-state index in [0.29, 0.717) is 11.1 Å². The Balaban J connectivity index is 2.13. The van der Waals surface area contributed by atoms with E-state index in [4.69, 9.17) is 0 Å². The Hall–Kier alpha value is -2.80. The van der Waals surface area contributed by atoms with Gasteiger partial charge in [0, 0.05) is 24.0 Å². The van der Waals surface area contributed by atoms with E-state index >= 15 is 0 Å². The number of hydrogen-bond donors (Lipinski definition) is 0. The molecule has 0 amide bonds. The Morgan fingerprint density at radius 1 is 1.04 bits per heavy atom. The molecule has 7 heteroatoms. The first kappa shape index (κ1) is 16.6. The number of carbonyl (C=O) groups is 1. The summed E-state index contributed by atoms with van der Waals surface area (Å²) in [5.41, 5.74) is 0.925. The number of rotatable bonds is 5. The molecule has 0 N–H and O–H groups in total. The molecular formula is C16H13NO5S. The fraction of sp³-hybridized carbons (Fsp3) is 0.0625. The van der Waals surface area contributed by atoms with Crippen molar-refractivity contribution in [2.75, 3.05) is 6.26 Å². The van der Waals surface area contributed by atoms with Gasteiger partial charge >= 0.3 is 0 Å². The second-order valence-electron chi connectivity index (χ2n) is 4.84. The summed E-state index contributed by atoms with van der Waals surface area (Å²) < 4.78 is 22.7. The van der Waals surface area contributed by atoms with Gasteiger partial charge in [0.15, 0.2) is 15.6 Å². The lowest BCUT2D eigenvalue weighted by Gasteiger charge is -1.99. The number of nitro benzene ring substituents is 1. The highest BCUT2D eigenvalue weighted by atomic mass is 32.2.